The van der Waals surface area contributed by atoms with Gasteiger partial charge in [0.15, 0.2) is 6.61 Å². The van der Waals surface area contributed by atoms with Crippen LogP contribution >= 0.6 is 11.6 Å². The minimum absolute atomic E-state index is 0.0174. The van der Waals surface area contributed by atoms with Gasteiger partial charge in [0.05, 0.1) is 10.6 Å². The summed E-state index contributed by atoms with van der Waals surface area (Å²) >= 11 is 6.05. The fourth-order valence-corrected chi connectivity index (χ4v) is 4.82. The van der Waals surface area contributed by atoms with Gasteiger partial charge in [-0.05, 0) is 37.0 Å². The van der Waals surface area contributed by atoms with Crippen LogP contribution in [0.2, 0.25) is 5.02 Å². The van der Waals surface area contributed by atoms with E-state index in [4.69, 9.17) is 22.1 Å². The lowest BCUT2D eigenvalue weighted by Gasteiger charge is -2.30. The number of nitrogens with one attached hydrogen (secondary N) is 1. The van der Waals surface area contributed by atoms with Crippen molar-refractivity contribution in [1.29, 1.82) is 0 Å². The van der Waals surface area contributed by atoms with Crippen molar-refractivity contribution < 1.29 is 27.5 Å². The molecule has 2 rings (SSSR count). The van der Waals surface area contributed by atoms with E-state index < -0.39 is 34.5 Å². The molecular weight excluding hydrogens is 398 g/mol. The smallest absolute Gasteiger partial charge is 0.338 e. The van der Waals surface area contributed by atoms with E-state index in [-0.39, 0.29) is 21.4 Å². The number of urea groups is 1. The van der Waals surface area contributed by atoms with E-state index in [0.717, 1.165) is 18.9 Å². The van der Waals surface area contributed by atoms with E-state index in [9.17, 15) is 22.8 Å². The summed E-state index contributed by atoms with van der Waals surface area (Å²) in [5.74, 6) is -1.61. The highest BCUT2D eigenvalue weighted by atomic mass is 35.5. The molecule has 11 heteroatoms. The van der Waals surface area contributed by atoms with E-state index in [0.29, 0.717) is 13.1 Å². The number of rotatable bonds is 5. The van der Waals surface area contributed by atoms with Crippen LogP contribution < -0.4 is 11.1 Å². The third kappa shape index (κ3) is 5.41. The SMILES string of the molecule is C[C@@H]1CCCN(S(=O)(=O)c2cc(C(=O)OCC(=O)NC(N)=O)ccc2Cl)C1. The second-order valence-corrected chi connectivity index (χ2v) is 8.56. The third-order valence-electron chi connectivity index (χ3n) is 4.00. The van der Waals surface area contributed by atoms with Gasteiger partial charge in [0.2, 0.25) is 10.0 Å². The van der Waals surface area contributed by atoms with E-state index in [1.165, 1.54) is 16.4 Å². The number of ether oxygens (including phenoxy) is 1. The fraction of sp³-hybridized carbons (Fsp3) is 0.438. The molecule has 0 unspecified atom stereocenters. The summed E-state index contributed by atoms with van der Waals surface area (Å²) in [6.07, 6.45) is 1.69. The van der Waals surface area contributed by atoms with Crippen LogP contribution in [0.3, 0.4) is 0 Å². The lowest BCUT2D eigenvalue weighted by Crippen LogP contribution is -2.39. The number of halogens is 1. The molecule has 1 aliphatic heterocycles. The maximum absolute atomic E-state index is 12.9. The molecule has 0 saturated carbocycles. The maximum atomic E-state index is 12.9. The molecule has 148 valence electrons. The van der Waals surface area contributed by atoms with Gasteiger partial charge in [-0.2, -0.15) is 4.31 Å². The zero-order valence-electron chi connectivity index (χ0n) is 14.6. The second-order valence-electron chi connectivity index (χ2n) is 6.24. The molecule has 3 amide bonds. The highest BCUT2D eigenvalue weighted by Crippen LogP contribution is 2.29. The Morgan fingerprint density at radius 1 is 1.37 bits per heavy atom. The topological polar surface area (TPSA) is 136 Å². The number of primary amides is 1. The molecule has 0 aliphatic carbocycles. The van der Waals surface area contributed by atoms with E-state index >= 15 is 0 Å². The van der Waals surface area contributed by atoms with Crippen LogP contribution in [0.1, 0.15) is 30.1 Å². The second kappa shape index (κ2) is 8.68. The molecule has 1 aromatic rings. The van der Waals surface area contributed by atoms with Gasteiger partial charge < -0.3 is 10.5 Å². The molecule has 9 nitrogen and oxygen atoms in total. The quantitative estimate of drug-likeness (QED) is 0.689. The van der Waals surface area contributed by atoms with Crippen LogP contribution in [0, 0.1) is 5.92 Å². The standard InChI is InChI=1S/C16H20ClN3O6S/c1-10-3-2-6-20(8-10)27(24,25)13-7-11(4-5-12(13)17)15(22)26-9-14(21)19-16(18)23/h4-5,7,10H,2-3,6,8-9H2,1H3,(H3,18,19,21,23)/t10-/m1/s1. The number of benzene rings is 1. The van der Waals surface area contributed by atoms with Crippen molar-refractivity contribution in [3.05, 3.63) is 28.8 Å². The number of amides is 3. The van der Waals surface area contributed by atoms with Crippen molar-refractivity contribution in [2.75, 3.05) is 19.7 Å². The Morgan fingerprint density at radius 3 is 2.70 bits per heavy atom. The van der Waals surface area contributed by atoms with Gasteiger partial charge >= 0.3 is 12.0 Å². The fourth-order valence-electron chi connectivity index (χ4n) is 2.72. The van der Waals surface area contributed by atoms with Crippen molar-refractivity contribution in [3.8, 4) is 0 Å². The Morgan fingerprint density at radius 2 is 2.07 bits per heavy atom. The first-order valence-electron chi connectivity index (χ1n) is 8.17. The van der Waals surface area contributed by atoms with Gasteiger partial charge in [-0.25, -0.2) is 18.0 Å². The van der Waals surface area contributed by atoms with Gasteiger partial charge in [0.1, 0.15) is 4.90 Å². The van der Waals surface area contributed by atoms with E-state index in [1.807, 2.05) is 6.92 Å². The maximum Gasteiger partial charge on any atom is 0.338 e. The molecule has 1 saturated heterocycles. The summed E-state index contributed by atoms with van der Waals surface area (Å²) in [5, 5.41) is 1.72. The number of hydrogen-bond donors (Lipinski definition) is 2. The van der Waals surface area contributed by atoms with Gasteiger partial charge in [-0.1, -0.05) is 18.5 Å². The van der Waals surface area contributed by atoms with Crippen molar-refractivity contribution in [2.24, 2.45) is 11.7 Å². The van der Waals surface area contributed by atoms with Gasteiger partial charge in [0, 0.05) is 13.1 Å². The molecule has 1 atom stereocenters. The minimum Gasteiger partial charge on any atom is -0.452 e. The molecular formula is C16H20ClN3O6S. The lowest BCUT2D eigenvalue weighted by atomic mass is 10.0. The van der Waals surface area contributed by atoms with Gasteiger partial charge in [0.25, 0.3) is 5.91 Å². The Bertz CT molecular complexity index is 858. The first kappa shape index (κ1) is 21.1. The predicted molar refractivity (Wildman–Crippen MR) is 96.6 cm³/mol. The third-order valence-corrected chi connectivity index (χ3v) is 6.35. The summed E-state index contributed by atoms with van der Waals surface area (Å²) in [7, 11) is -3.88. The molecule has 27 heavy (non-hydrogen) atoms. The van der Waals surface area contributed by atoms with Crippen LogP contribution in [0.25, 0.3) is 0 Å². The van der Waals surface area contributed by atoms with Crippen LogP contribution in [-0.4, -0.2) is 50.3 Å². The molecule has 0 bridgehead atoms. The van der Waals surface area contributed by atoms with Crippen LogP contribution in [0.5, 0.6) is 0 Å². The van der Waals surface area contributed by atoms with E-state index in [2.05, 4.69) is 0 Å². The number of carbonyl (C=O) groups is 3. The lowest BCUT2D eigenvalue weighted by molar-refractivity contribution is -0.123. The average Bonchev–Trinajstić information content (AvgIpc) is 2.59. The molecule has 0 radical (unpaired) electrons. The number of nitrogens with two attached hydrogens (primary N) is 1. The number of carbonyl (C=O) groups excluding carboxylic acids is 3. The highest BCUT2D eigenvalue weighted by molar-refractivity contribution is 7.89. The van der Waals surface area contributed by atoms with Crippen LogP contribution in [0.15, 0.2) is 23.1 Å². The Balaban J connectivity index is 2.19. The molecule has 0 aromatic heterocycles. The number of imide groups is 1. The predicted octanol–water partition coefficient (Wildman–Crippen LogP) is 1.11. The Labute approximate surface area is 161 Å². The van der Waals surface area contributed by atoms with Crippen molar-refractivity contribution in [3.63, 3.8) is 0 Å². The molecule has 1 aliphatic rings. The largest absolute Gasteiger partial charge is 0.452 e. The average molecular weight is 418 g/mol. The van der Waals surface area contributed by atoms with Crippen molar-refractivity contribution >= 4 is 39.5 Å². The molecule has 3 N–H and O–H groups in total. The van der Waals surface area contributed by atoms with Crippen LogP contribution in [-0.2, 0) is 19.6 Å². The number of esters is 1. The zero-order chi connectivity index (χ0) is 20.2. The summed E-state index contributed by atoms with van der Waals surface area (Å²) in [4.78, 5) is 33.7. The number of hydrogen-bond acceptors (Lipinski definition) is 6. The number of nitrogens with zero attached hydrogens (tertiary/aromatic N) is 1. The van der Waals surface area contributed by atoms with Crippen molar-refractivity contribution in [1.82, 2.24) is 9.62 Å². The summed E-state index contributed by atoms with van der Waals surface area (Å²) < 4.78 is 31.9. The summed E-state index contributed by atoms with van der Waals surface area (Å²) in [6.45, 7) is 1.98. The van der Waals surface area contributed by atoms with Gasteiger partial charge in [-0.15, -0.1) is 0 Å². The number of piperidine rings is 1. The zero-order valence-corrected chi connectivity index (χ0v) is 16.2. The molecule has 0 spiro atoms. The first-order valence-corrected chi connectivity index (χ1v) is 9.99. The minimum atomic E-state index is -3.88. The highest BCUT2D eigenvalue weighted by Gasteiger charge is 2.31. The first-order chi connectivity index (χ1) is 12.6. The summed E-state index contributed by atoms with van der Waals surface area (Å²) in [6, 6.07) is 2.61. The molecule has 1 heterocycles. The van der Waals surface area contributed by atoms with Crippen molar-refractivity contribution in [2.45, 2.75) is 24.7 Å². The number of sulfonamides is 1. The molecule has 1 fully saturated rings. The normalized spacial score (nSPS) is 17.9. The summed E-state index contributed by atoms with van der Waals surface area (Å²) in [5.41, 5.74) is 4.69. The van der Waals surface area contributed by atoms with E-state index in [1.54, 1.807) is 5.32 Å². The van der Waals surface area contributed by atoms with Gasteiger partial charge in [-0.3, -0.25) is 10.1 Å². The Hall–Kier alpha value is -2.17. The Kier molecular flexibility index (Phi) is 6.79. The monoisotopic (exact) mass is 417 g/mol. The van der Waals surface area contributed by atoms with Crippen LogP contribution in [0.4, 0.5) is 4.79 Å². The molecule has 1 aromatic carbocycles.